The van der Waals surface area contributed by atoms with Crippen LogP contribution in [-0.2, 0) is 15.8 Å². The fourth-order valence-corrected chi connectivity index (χ4v) is 4.16. The van der Waals surface area contributed by atoms with Gasteiger partial charge in [-0.05, 0) is 36.5 Å². The minimum Gasteiger partial charge on any atom is -0.348 e. The maximum absolute atomic E-state index is 15.0. The Morgan fingerprint density at radius 3 is 1.94 bits per heavy atom. The molecule has 1 aliphatic heterocycles. The lowest BCUT2D eigenvalue weighted by Gasteiger charge is -2.29. The van der Waals surface area contributed by atoms with Gasteiger partial charge >= 0.3 is 0 Å². The van der Waals surface area contributed by atoms with Gasteiger partial charge in [-0.1, -0.05) is 67.0 Å². The molecule has 0 bridgehead atoms. The summed E-state index contributed by atoms with van der Waals surface area (Å²) in [5.41, 5.74) is 0.986. The van der Waals surface area contributed by atoms with E-state index in [0.717, 1.165) is 12.8 Å². The van der Waals surface area contributed by atoms with Crippen molar-refractivity contribution in [2.24, 2.45) is 5.92 Å². The van der Waals surface area contributed by atoms with Gasteiger partial charge in [-0.15, -0.1) is 0 Å². The van der Waals surface area contributed by atoms with Crippen LogP contribution in [0.25, 0.3) is 22.3 Å². The van der Waals surface area contributed by atoms with E-state index in [-0.39, 0.29) is 34.5 Å². The van der Waals surface area contributed by atoms with Crippen LogP contribution in [0.15, 0.2) is 60.7 Å². The van der Waals surface area contributed by atoms with Crippen LogP contribution >= 0.6 is 0 Å². The Labute approximate surface area is 204 Å². The zero-order chi connectivity index (χ0) is 24.9. The number of hydrogen-bond donors (Lipinski definition) is 0. The van der Waals surface area contributed by atoms with Crippen LogP contribution < -0.4 is 0 Å². The van der Waals surface area contributed by atoms with Gasteiger partial charge in [0.25, 0.3) is 0 Å². The van der Waals surface area contributed by atoms with E-state index in [2.05, 4.69) is 6.08 Å². The van der Waals surface area contributed by atoms with E-state index in [0.29, 0.717) is 24.3 Å². The summed E-state index contributed by atoms with van der Waals surface area (Å²) in [5.74, 6) is -3.84. The van der Waals surface area contributed by atoms with E-state index in [9.17, 15) is 17.6 Å². The summed E-state index contributed by atoms with van der Waals surface area (Å²) in [7, 11) is 5.41. The molecule has 3 aromatic rings. The van der Waals surface area contributed by atoms with E-state index >= 15 is 0 Å². The van der Waals surface area contributed by atoms with Gasteiger partial charge in [-0.25, -0.2) is 17.6 Å². The first kappa shape index (κ1) is 25.2. The molecule has 180 valence electrons. The zero-order valence-electron chi connectivity index (χ0n) is 19.4. The Morgan fingerprint density at radius 1 is 0.800 bits per heavy atom. The molecule has 0 N–H and O–H groups in total. The van der Waals surface area contributed by atoms with Gasteiger partial charge in [-0.2, -0.15) is 0 Å². The average Bonchev–Trinajstić information content (AvgIpc) is 2.88. The molecule has 0 aromatic heterocycles. The number of ether oxygens (including phenoxy) is 2. The Balaban J connectivity index is 1.51. The molecule has 0 spiro atoms. The van der Waals surface area contributed by atoms with Crippen molar-refractivity contribution in [2.45, 2.75) is 32.4 Å². The fourth-order valence-electron chi connectivity index (χ4n) is 4.16. The third kappa shape index (κ3) is 5.36. The van der Waals surface area contributed by atoms with Gasteiger partial charge in [-0.3, -0.25) is 0 Å². The summed E-state index contributed by atoms with van der Waals surface area (Å²) in [6.45, 7) is 2.78. The third-order valence-corrected chi connectivity index (χ3v) is 6.20. The number of hydrogen-bond acceptors (Lipinski definition) is 2. The molecule has 0 aliphatic carbocycles. The van der Waals surface area contributed by atoms with Crippen LogP contribution in [-0.4, -0.2) is 21.1 Å². The lowest BCUT2D eigenvalue weighted by molar-refractivity contribution is -0.207. The molecule has 2 radical (unpaired) electrons. The first-order valence-corrected chi connectivity index (χ1v) is 11.5. The minimum absolute atomic E-state index is 0.00677. The molecule has 2 nitrogen and oxygen atoms in total. The topological polar surface area (TPSA) is 18.5 Å². The number of allylic oxidation sites excluding steroid dienone is 2. The number of halogens is 4. The highest BCUT2D eigenvalue weighted by Gasteiger charge is 2.28. The molecule has 3 aromatic carbocycles. The van der Waals surface area contributed by atoms with E-state index in [1.807, 2.05) is 13.0 Å². The molecule has 1 fully saturated rings. The van der Waals surface area contributed by atoms with Crippen molar-refractivity contribution in [2.75, 3.05) is 13.2 Å². The van der Waals surface area contributed by atoms with Crippen LogP contribution in [0, 0.1) is 29.2 Å². The van der Waals surface area contributed by atoms with Gasteiger partial charge < -0.3 is 9.47 Å². The highest BCUT2D eigenvalue weighted by atomic mass is 19.2. The zero-order valence-corrected chi connectivity index (χ0v) is 19.4. The average molecular weight is 480 g/mol. The molecule has 4 rings (SSSR count). The van der Waals surface area contributed by atoms with E-state index in [1.165, 1.54) is 48.5 Å². The first-order chi connectivity index (χ1) is 16.9. The maximum atomic E-state index is 15.0. The lowest BCUT2D eigenvalue weighted by atomic mass is 9.93. The van der Waals surface area contributed by atoms with E-state index < -0.39 is 29.6 Å². The molecule has 0 unspecified atom stereocenters. The predicted molar refractivity (Wildman–Crippen MR) is 129 cm³/mol. The molecular formula is C28H25BF4O2. The summed E-state index contributed by atoms with van der Waals surface area (Å²) in [5, 5.41) is 0. The molecular weight excluding hydrogens is 455 g/mol. The van der Waals surface area contributed by atoms with Gasteiger partial charge in [0.2, 0.25) is 0 Å². The fraction of sp³-hybridized carbons (Fsp3) is 0.286. The summed E-state index contributed by atoms with van der Waals surface area (Å²) in [4.78, 5) is 0. The Bertz CT molecular complexity index is 1200. The largest absolute Gasteiger partial charge is 0.348 e. The normalized spacial score (nSPS) is 18.3. The van der Waals surface area contributed by atoms with Crippen molar-refractivity contribution in [3.8, 4) is 22.3 Å². The molecule has 0 saturated carbocycles. The molecule has 1 heterocycles. The van der Waals surface area contributed by atoms with Crippen molar-refractivity contribution in [1.29, 1.82) is 0 Å². The summed E-state index contributed by atoms with van der Waals surface area (Å²) in [6, 6.07) is 11.9. The maximum Gasteiger partial charge on any atom is 0.186 e. The smallest absolute Gasteiger partial charge is 0.186 e. The van der Waals surface area contributed by atoms with E-state index in [1.54, 1.807) is 0 Å². The van der Waals surface area contributed by atoms with Gasteiger partial charge in [0.15, 0.2) is 29.6 Å². The highest BCUT2D eigenvalue weighted by Crippen LogP contribution is 2.34. The van der Waals surface area contributed by atoms with Crippen molar-refractivity contribution in [1.82, 2.24) is 0 Å². The second-order valence-electron chi connectivity index (χ2n) is 8.52. The third-order valence-electron chi connectivity index (χ3n) is 6.20. The first-order valence-electron chi connectivity index (χ1n) is 11.5. The second kappa shape index (κ2) is 11.2. The lowest BCUT2D eigenvalue weighted by Crippen LogP contribution is -2.27. The quantitative estimate of drug-likeness (QED) is 0.201. The predicted octanol–water partition coefficient (Wildman–Crippen LogP) is 7.26. The van der Waals surface area contributed by atoms with Crippen LogP contribution in [0.4, 0.5) is 17.6 Å². The molecule has 0 atom stereocenters. The molecule has 1 saturated heterocycles. The van der Waals surface area contributed by atoms with Crippen molar-refractivity contribution in [3.05, 3.63) is 95.1 Å². The Hall–Kier alpha value is -2.90. The van der Waals surface area contributed by atoms with E-state index in [4.69, 9.17) is 17.3 Å². The standard InChI is InChI=1S/C28H25BF4O2/c1-2-3-4-5-17-15-34-28(35-16-17)23-13-12-22(26(32)27(23)33)19-8-6-18(7-9-19)21-11-10-20(14-29)24(30)25(21)31/h2-3,6-13,17,28H,4-5,14-16H2,1H3/b3-2+. The van der Waals surface area contributed by atoms with Crippen molar-refractivity contribution < 1.29 is 27.0 Å². The SMILES string of the molecule is [B]Cc1ccc(-c2ccc(-c3ccc(C4OCC(CC/C=C/C)CO4)c(F)c3F)cc2)c(F)c1F. The molecule has 35 heavy (non-hydrogen) atoms. The highest BCUT2D eigenvalue weighted by molar-refractivity contribution is 6.08. The van der Waals surface area contributed by atoms with Crippen molar-refractivity contribution in [3.63, 3.8) is 0 Å². The summed E-state index contributed by atoms with van der Waals surface area (Å²) < 4.78 is 69.8. The second-order valence-corrected chi connectivity index (χ2v) is 8.52. The molecule has 7 heteroatoms. The molecule has 1 aliphatic rings. The number of benzene rings is 3. The van der Waals surface area contributed by atoms with Crippen LogP contribution in [0.1, 0.15) is 37.2 Å². The summed E-state index contributed by atoms with van der Waals surface area (Å²) in [6.07, 6.45) is 4.79. The van der Waals surface area contributed by atoms with Crippen molar-refractivity contribution >= 4 is 7.85 Å². The number of rotatable bonds is 7. The van der Waals surface area contributed by atoms with Gasteiger partial charge in [0.1, 0.15) is 0 Å². The van der Waals surface area contributed by atoms with Crippen LogP contribution in [0.5, 0.6) is 0 Å². The Kier molecular flexibility index (Phi) is 8.09. The van der Waals surface area contributed by atoms with Crippen LogP contribution in [0.2, 0.25) is 0 Å². The van der Waals surface area contributed by atoms with Gasteiger partial charge in [0, 0.05) is 22.6 Å². The summed E-state index contributed by atoms with van der Waals surface area (Å²) >= 11 is 0. The Morgan fingerprint density at radius 2 is 1.37 bits per heavy atom. The van der Waals surface area contributed by atoms with Crippen LogP contribution in [0.3, 0.4) is 0 Å². The van der Waals surface area contributed by atoms with Gasteiger partial charge in [0.05, 0.1) is 21.1 Å². The monoisotopic (exact) mass is 480 g/mol. The molecule has 0 amide bonds. The minimum atomic E-state index is -1.03.